The summed E-state index contributed by atoms with van der Waals surface area (Å²) in [6.45, 7) is 2.00. The number of carbonyl (C=O) groups is 1. The molecule has 0 heterocycles. The number of carbonyl (C=O) groups excluding carboxylic acids is 1. The van der Waals surface area contributed by atoms with Crippen LogP contribution in [0.2, 0.25) is 0 Å². The first kappa shape index (κ1) is 12.5. The zero-order valence-electron chi connectivity index (χ0n) is 10.1. The Hall–Kier alpha value is -0.960. The summed E-state index contributed by atoms with van der Waals surface area (Å²) in [6, 6.07) is 7.66. The van der Waals surface area contributed by atoms with Crippen LogP contribution in [0.3, 0.4) is 0 Å². The van der Waals surface area contributed by atoms with Crippen molar-refractivity contribution in [3.05, 3.63) is 29.8 Å². The molecular formula is C14H18O2S. The summed E-state index contributed by atoms with van der Waals surface area (Å²) in [6.07, 6.45) is 4.45. The molecule has 3 heteroatoms. The Morgan fingerprint density at radius 2 is 1.82 bits per heavy atom. The molecule has 1 saturated carbocycles. The number of Topliss-reactive ketones (excluding diaryl/α,β-unsaturated/α-hetero) is 1. The zero-order chi connectivity index (χ0) is 12.3. The van der Waals surface area contributed by atoms with Crippen molar-refractivity contribution in [2.24, 2.45) is 0 Å². The smallest absolute Gasteiger partial charge is 0.148 e. The Kier molecular flexibility index (Phi) is 4.11. The SMILES string of the molecule is Cc1ccc(S(=O)[C@H]2CCCCCC2=O)cc1. The molecule has 0 aromatic heterocycles. The second kappa shape index (κ2) is 5.58. The van der Waals surface area contributed by atoms with Crippen molar-refractivity contribution < 1.29 is 9.00 Å². The van der Waals surface area contributed by atoms with Gasteiger partial charge in [0.15, 0.2) is 0 Å². The number of hydrogen-bond donors (Lipinski definition) is 0. The largest absolute Gasteiger partial charge is 0.298 e. The summed E-state index contributed by atoms with van der Waals surface area (Å²) in [5.74, 6) is 0.182. The predicted molar refractivity (Wildman–Crippen MR) is 69.5 cm³/mol. The van der Waals surface area contributed by atoms with Gasteiger partial charge in [0, 0.05) is 11.3 Å². The maximum absolute atomic E-state index is 12.4. The van der Waals surface area contributed by atoms with Crippen molar-refractivity contribution >= 4 is 16.6 Å². The van der Waals surface area contributed by atoms with Crippen molar-refractivity contribution in [2.75, 3.05) is 0 Å². The van der Waals surface area contributed by atoms with Crippen molar-refractivity contribution in [2.45, 2.75) is 49.2 Å². The molecule has 2 rings (SSSR count). The quantitative estimate of drug-likeness (QED) is 0.756. The third-order valence-electron chi connectivity index (χ3n) is 3.26. The molecule has 1 fully saturated rings. The molecule has 1 aromatic carbocycles. The van der Waals surface area contributed by atoms with Crippen LogP contribution < -0.4 is 0 Å². The van der Waals surface area contributed by atoms with E-state index in [4.69, 9.17) is 0 Å². The number of benzene rings is 1. The highest BCUT2D eigenvalue weighted by molar-refractivity contribution is 7.86. The Balaban J connectivity index is 2.18. The molecule has 0 amide bonds. The minimum absolute atomic E-state index is 0.182. The molecule has 1 aliphatic rings. The van der Waals surface area contributed by atoms with Crippen LogP contribution in [0.4, 0.5) is 0 Å². The lowest BCUT2D eigenvalue weighted by molar-refractivity contribution is -0.118. The van der Waals surface area contributed by atoms with Gasteiger partial charge in [-0.1, -0.05) is 30.5 Å². The first-order valence-corrected chi connectivity index (χ1v) is 7.40. The lowest BCUT2D eigenvalue weighted by Crippen LogP contribution is -2.24. The van der Waals surface area contributed by atoms with E-state index < -0.39 is 10.8 Å². The zero-order valence-corrected chi connectivity index (χ0v) is 11.0. The average molecular weight is 250 g/mol. The van der Waals surface area contributed by atoms with Gasteiger partial charge in [-0.05, 0) is 31.9 Å². The van der Waals surface area contributed by atoms with Crippen LogP contribution in [0.1, 0.15) is 37.7 Å². The van der Waals surface area contributed by atoms with Gasteiger partial charge in [-0.2, -0.15) is 0 Å². The maximum atomic E-state index is 12.4. The summed E-state index contributed by atoms with van der Waals surface area (Å²) in [5, 5.41) is -0.278. The maximum Gasteiger partial charge on any atom is 0.148 e. The molecule has 0 aliphatic heterocycles. The lowest BCUT2D eigenvalue weighted by Gasteiger charge is -2.12. The minimum atomic E-state index is -1.17. The van der Waals surface area contributed by atoms with Crippen LogP contribution in [0.5, 0.6) is 0 Å². The molecule has 0 radical (unpaired) electrons. The van der Waals surface area contributed by atoms with Crippen LogP contribution in [-0.4, -0.2) is 15.2 Å². The molecule has 1 aromatic rings. The van der Waals surface area contributed by atoms with Crippen LogP contribution in [0, 0.1) is 6.92 Å². The van der Waals surface area contributed by atoms with Gasteiger partial charge in [0.25, 0.3) is 0 Å². The van der Waals surface area contributed by atoms with E-state index in [0.717, 1.165) is 36.1 Å². The van der Waals surface area contributed by atoms with Crippen molar-refractivity contribution in [1.82, 2.24) is 0 Å². The van der Waals surface area contributed by atoms with E-state index in [-0.39, 0.29) is 11.0 Å². The topological polar surface area (TPSA) is 34.1 Å². The van der Waals surface area contributed by atoms with Gasteiger partial charge >= 0.3 is 0 Å². The molecule has 1 aliphatic carbocycles. The second-order valence-corrected chi connectivity index (χ2v) is 6.30. The molecule has 2 atom stereocenters. The Morgan fingerprint density at radius 1 is 1.12 bits per heavy atom. The van der Waals surface area contributed by atoms with Crippen LogP contribution in [0.15, 0.2) is 29.2 Å². The van der Waals surface area contributed by atoms with E-state index in [1.54, 1.807) is 0 Å². The van der Waals surface area contributed by atoms with Gasteiger partial charge in [0.05, 0.1) is 16.0 Å². The first-order chi connectivity index (χ1) is 8.18. The Labute approximate surface area is 105 Å². The summed E-state index contributed by atoms with van der Waals surface area (Å²) < 4.78 is 12.4. The van der Waals surface area contributed by atoms with E-state index in [2.05, 4.69) is 0 Å². The first-order valence-electron chi connectivity index (χ1n) is 6.18. The fourth-order valence-electron chi connectivity index (χ4n) is 2.19. The van der Waals surface area contributed by atoms with Gasteiger partial charge in [-0.3, -0.25) is 9.00 Å². The third-order valence-corrected chi connectivity index (χ3v) is 5.01. The minimum Gasteiger partial charge on any atom is -0.298 e. The monoisotopic (exact) mass is 250 g/mol. The Bertz CT molecular complexity index is 422. The Morgan fingerprint density at radius 3 is 2.53 bits per heavy atom. The lowest BCUT2D eigenvalue weighted by atomic mass is 10.2. The number of rotatable bonds is 2. The molecule has 0 N–H and O–H groups in total. The molecule has 2 nitrogen and oxygen atoms in total. The van der Waals surface area contributed by atoms with E-state index >= 15 is 0 Å². The van der Waals surface area contributed by atoms with E-state index in [0.29, 0.717) is 6.42 Å². The highest BCUT2D eigenvalue weighted by Gasteiger charge is 2.27. The van der Waals surface area contributed by atoms with E-state index in [1.807, 2.05) is 31.2 Å². The predicted octanol–water partition coefficient (Wildman–Crippen LogP) is 3.00. The van der Waals surface area contributed by atoms with Gasteiger partial charge < -0.3 is 0 Å². The summed E-state index contributed by atoms with van der Waals surface area (Å²) in [5.41, 5.74) is 1.15. The molecule has 0 spiro atoms. The highest BCUT2D eigenvalue weighted by atomic mass is 32.2. The van der Waals surface area contributed by atoms with Crippen molar-refractivity contribution in [1.29, 1.82) is 0 Å². The second-order valence-electron chi connectivity index (χ2n) is 4.66. The van der Waals surface area contributed by atoms with Gasteiger partial charge in [-0.25, -0.2) is 0 Å². The van der Waals surface area contributed by atoms with Crippen LogP contribution in [-0.2, 0) is 15.6 Å². The molecule has 17 heavy (non-hydrogen) atoms. The number of hydrogen-bond acceptors (Lipinski definition) is 2. The molecule has 1 unspecified atom stereocenters. The molecule has 0 saturated heterocycles. The van der Waals surface area contributed by atoms with Gasteiger partial charge in [-0.15, -0.1) is 0 Å². The molecule has 0 bridgehead atoms. The highest BCUT2D eigenvalue weighted by Crippen LogP contribution is 2.23. The third kappa shape index (κ3) is 3.03. The molecular weight excluding hydrogens is 232 g/mol. The fraction of sp³-hybridized carbons (Fsp3) is 0.500. The summed E-state index contributed by atoms with van der Waals surface area (Å²) in [4.78, 5) is 12.7. The van der Waals surface area contributed by atoms with Gasteiger partial charge in [0.1, 0.15) is 5.78 Å². The van der Waals surface area contributed by atoms with Gasteiger partial charge in [0.2, 0.25) is 0 Å². The number of aryl methyl sites for hydroxylation is 1. The van der Waals surface area contributed by atoms with Crippen LogP contribution >= 0.6 is 0 Å². The summed E-state index contributed by atoms with van der Waals surface area (Å²) in [7, 11) is -1.17. The molecule has 92 valence electrons. The van der Waals surface area contributed by atoms with E-state index in [1.165, 1.54) is 0 Å². The van der Waals surface area contributed by atoms with E-state index in [9.17, 15) is 9.00 Å². The number of ketones is 1. The standard InChI is InChI=1S/C14H18O2S/c1-11-7-9-12(10-8-11)17(16)14-6-4-2-3-5-13(14)15/h7-10,14H,2-6H2,1H3/t14-,17?/m0/s1. The van der Waals surface area contributed by atoms with Crippen molar-refractivity contribution in [3.8, 4) is 0 Å². The van der Waals surface area contributed by atoms with Crippen molar-refractivity contribution in [3.63, 3.8) is 0 Å². The fourth-order valence-corrected chi connectivity index (χ4v) is 3.66. The normalized spacial score (nSPS) is 23.1. The average Bonchev–Trinajstić information content (AvgIpc) is 2.54. The van der Waals surface area contributed by atoms with Crippen LogP contribution in [0.25, 0.3) is 0 Å². The summed E-state index contributed by atoms with van der Waals surface area (Å²) >= 11 is 0.